The molecule has 210 valence electrons. The zero-order valence-corrected chi connectivity index (χ0v) is 23.6. The average molecular weight is 617 g/mol. The Kier molecular flexibility index (Phi) is 6.99. The lowest BCUT2D eigenvalue weighted by molar-refractivity contribution is -0.137. The number of amides is 2. The van der Waals surface area contributed by atoms with E-state index < -0.39 is 46.3 Å². The van der Waals surface area contributed by atoms with E-state index in [1.54, 1.807) is 18.2 Å². The molecule has 1 N–H and O–H groups in total. The zero-order valence-electron chi connectivity index (χ0n) is 21.2. The number of halogens is 4. The molecule has 0 aliphatic carbocycles. The second-order valence-corrected chi connectivity index (χ2v) is 12.3. The van der Waals surface area contributed by atoms with E-state index in [0.29, 0.717) is 31.1 Å². The minimum atomic E-state index is -4.79. The number of thioether (sulfide) groups is 1. The van der Waals surface area contributed by atoms with Crippen LogP contribution in [0.3, 0.4) is 0 Å². The van der Waals surface area contributed by atoms with Gasteiger partial charge in [0, 0.05) is 21.4 Å². The summed E-state index contributed by atoms with van der Waals surface area (Å²) in [5, 5.41) is -0.351. The molecule has 0 bridgehead atoms. The quantitative estimate of drug-likeness (QED) is 0.250. The number of imide groups is 1. The molecule has 3 aromatic carbocycles. The Balaban J connectivity index is 1.47. The van der Waals surface area contributed by atoms with Gasteiger partial charge in [0.2, 0.25) is 11.8 Å². The molecule has 4 aromatic rings. The van der Waals surface area contributed by atoms with Gasteiger partial charge >= 0.3 is 11.0 Å². The molecule has 2 amide bonds. The number of fused-ring (bicyclic) bond motifs is 2. The number of alkyl halides is 3. The number of para-hydroxylation sites is 1. The predicted molar refractivity (Wildman–Crippen MR) is 151 cm³/mol. The summed E-state index contributed by atoms with van der Waals surface area (Å²) in [6.07, 6.45) is -4.79. The van der Waals surface area contributed by atoms with E-state index in [9.17, 15) is 27.6 Å². The highest BCUT2D eigenvalue weighted by Crippen LogP contribution is 2.55. The Hall–Kier alpha value is -3.54. The van der Waals surface area contributed by atoms with Gasteiger partial charge in [-0.15, -0.1) is 0 Å². The first-order valence-electron chi connectivity index (χ1n) is 12.4. The summed E-state index contributed by atoms with van der Waals surface area (Å²) in [6, 6.07) is 17.1. The minimum absolute atomic E-state index is 0.199. The van der Waals surface area contributed by atoms with E-state index in [0.717, 1.165) is 46.4 Å². The van der Waals surface area contributed by atoms with Gasteiger partial charge in [-0.25, -0.2) is 4.90 Å². The lowest BCUT2D eigenvalue weighted by atomic mass is 9.82. The van der Waals surface area contributed by atoms with Crippen LogP contribution >= 0.6 is 34.7 Å². The second-order valence-electron chi connectivity index (χ2n) is 9.67. The summed E-state index contributed by atoms with van der Waals surface area (Å²) < 4.78 is 47.9. The van der Waals surface area contributed by atoms with Crippen molar-refractivity contribution >= 4 is 52.2 Å². The normalized spacial score (nSPS) is 20.2. The number of nitrogens with one attached hydrogen (secondary N) is 1. The number of carbonyl (C=O) groups excluding carboxylic acids is 2. The van der Waals surface area contributed by atoms with Crippen LogP contribution in [0.4, 0.5) is 18.9 Å². The van der Waals surface area contributed by atoms with Crippen LogP contribution in [0, 0.1) is 12.8 Å². The van der Waals surface area contributed by atoms with Gasteiger partial charge in [-0.3, -0.25) is 14.4 Å². The Labute approximate surface area is 245 Å². The number of nitrogens with zero attached hydrogens (tertiary/aromatic N) is 1. The molecule has 2 aliphatic rings. The van der Waals surface area contributed by atoms with Crippen LogP contribution in [-0.4, -0.2) is 22.0 Å². The van der Waals surface area contributed by atoms with E-state index in [1.807, 2.05) is 31.2 Å². The number of aromatic amines is 1. The molecular formula is C29H20ClF3N2O4S2. The number of aromatic nitrogens is 1. The van der Waals surface area contributed by atoms with Crippen LogP contribution in [0.25, 0.3) is 0 Å². The summed E-state index contributed by atoms with van der Waals surface area (Å²) >= 11 is 8.27. The standard InChI is InChI=1S/C29H20ClF3N2O4S2/c1-14-6-2-3-7-15(14)13-39-20-11-10-16(30)12-17(20)21-22-24(40-25-23(21)41-28(38)34-25)27(37)35(26(22)36)19-9-5-4-8-18(19)29(31,32)33/h2-12,21-22,24H,13H2,1H3,(H,34,38). The molecule has 3 heterocycles. The maximum Gasteiger partial charge on any atom is 0.418 e. The van der Waals surface area contributed by atoms with Crippen molar-refractivity contribution in [1.82, 2.24) is 4.98 Å². The summed E-state index contributed by atoms with van der Waals surface area (Å²) in [7, 11) is 0. The molecule has 2 aliphatic heterocycles. The van der Waals surface area contributed by atoms with E-state index in [2.05, 4.69) is 4.98 Å². The summed E-state index contributed by atoms with van der Waals surface area (Å²) in [5.41, 5.74) is 0.793. The van der Waals surface area contributed by atoms with Crippen molar-refractivity contribution in [3.63, 3.8) is 0 Å². The van der Waals surface area contributed by atoms with Crippen LogP contribution < -0.4 is 14.5 Å². The highest BCUT2D eigenvalue weighted by Gasteiger charge is 2.57. The number of hydrogen-bond donors (Lipinski definition) is 1. The first-order chi connectivity index (χ1) is 19.5. The Morgan fingerprint density at radius 1 is 1.00 bits per heavy atom. The van der Waals surface area contributed by atoms with E-state index in [-0.39, 0.29) is 11.5 Å². The van der Waals surface area contributed by atoms with Gasteiger partial charge < -0.3 is 9.72 Å². The smallest absolute Gasteiger partial charge is 0.418 e. The number of ether oxygens (including phenoxy) is 1. The van der Waals surface area contributed by atoms with E-state index >= 15 is 0 Å². The van der Waals surface area contributed by atoms with Gasteiger partial charge in [-0.1, -0.05) is 71.1 Å². The van der Waals surface area contributed by atoms with Crippen molar-refractivity contribution in [2.75, 3.05) is 4.90 Å². The molecule has 1 saturated heterocycles. The van der Waals surface area contributed by atoms with E-state index in [1.165, 1.54) is 12.1 Å². The number of carbonyl (C=O) groups is 2. The second kappa shape index (κ2) is 10.4. The van der Waals surface area contributed by atoms with E-state index in [4.69, 9.17) is 16.3 Å². The van der Waals surface area contributed by atoms with Crippen molar-refractivity contribution in [3.05, 3.63) is 109 Å². The first-order valence-corrected chi connectivity index (χ1v) is 14.5. The SMILES string of the molecule is Cc1ccccc1COc1ccc(Cl)cc1C1c2sc(=O)[nH]c2SC2C(=O)N(c3ccccc3C(F)(F)F)C(=O)C21. The lowest BCUT2D eigenvalue weighted by Gasteiger charge is -2.31. The topological polar surface area (TPSA) is 79.5 Å². The van der Waals surface area contributed by atoms with Crippen molar-refractivity contribution in [3.8, 4) is 5.75 Å². The van der Waals surface area contributed by atoms with Gasteiger partial charge in [0.1, 0.15) is 17.6 Å². The molecule has 6 rings (SSSR count). The van der Waals surface area contributed by atoms with Crippen LogP contribution in [0.15, 0.2) is 76.6 Å². The molecule has 3 unspecified atom stereocenters. The fourth-order valence-electron chi connectivity index (χ4n) is 5.32. The fraction of sp³-hybridized carbons (Fsp3) is 0.207. The maximum atomic E-state index is 14.0. The first kappa shape index (κ1) is 27.6. The van der Waals surface area contributed by atoms with Crippen molar-refractivity contribution < 1.29 is 27.5 Å². The number of benzene rings is 3. The highest BCUT2D eigenvalue weighted by molar-refractivity contribution is 8.00. The molecule has 0 spiro atoms. The lowest BCUT2D eigenvalue weighted by Crippen LogP contribution is -2.33. The molecule has 0 saturated carbocycles. The fourth-order valence-corrected chi connectivity index (χ4v) is 8.01. The van der Waals surface area contributed by atoms with Crippen LogP contribution in [-0.2, 0) is 22.4 Å². The number of rotatable bonds is 5. The number of anilines is 1. The molecular weight excluding hydrogens is 597 g/mol. The molecule has 1 fully saturated rings. The van der Waals surface area contributed by atoms with Crippen molar-refractivity contribution in [1.29, 1.82) is 0 Å². The largest absolute Gasteiger partial charge is 0.489 e. The van der Waals surface area contributed by atoms with Gasteiger partial charge in [-0.05, 0) is 48.4 Å². The molecule has 0 radical (unpaired) electrons. The molecule has 6 nitrogen and oxygen atoms in total. The van der Waals surface area contributed by atoms with Crippen LogP contribution in [0.1, 0.15) is 33.0 Å². The number of hydrogen-bond acceptors (Lipinski definition) is 6. The summed E-state index contributed by atoms with van der Waals surface area (Å²) in [5.74, 6) is -3.16. The van der Waals surface area contributed by atoms with Crippen molar-refractivity contribution in [2.24, 2.45) is 5.92 Å². The molecule has 3 atom stereocenters. The molecule has 12 heteroatoms. The molecule has 41 heavy (non-hydrogen) atoms. The predicted octanol–water partition coefficient (Wildman–Crippen LogP) is 6.79. The average Bonchev–Trinajstić information content (AvgIpc) is 3.42. The maximum absolute atomic E-state index is 14.0. The Bertz CT molecular complexity index is 1750. The highest BCUT2D eigenvalue weighted by atomic mass is 35.5. The van der Waals surface area contributed by atoms with Crippen LogP contribution in [0.2, 0.25) is 5.02 Å². The zero-order chi connectivity index (χ0) is 29.1. The Morgan fingerprint density at radius 3 is 2.49 bits per heavy atom. The monoisotopic (exact) mass is 616 g/mol. The Morgan fingerprint density at radius 2 is 1.73 bits per heavy atom. The number of H-pyrrole nitrogens is 1. The van der Waals surface area contributed by atoms with Gasteiger partial charge in [0.25, 0.3) is 0 Å². The molecule has 1 aromatic heterocycles. The van der Waals surface area contributed by atoms with Gasteiger partial charge in [-0.2, -0.15) is 13.2 Å². The third-order valence-corrected chi connectivity index (χ3v) is 9.86. The summed E-state index contributed by atoms with van der Waals surface area (Å²) in [6.45, 7) is 2.15. The number of aryl methyl sites for hydroxylation is 1. The van der Waals surface area contributed by atoms with Crippen LogP contribution in [0.5, 0.6) is 5.75 Å². The third-order valence-electron chi connectivity index (χ3n) is 7.23. The summed E-state index contributed by atoms with van der Waals surface area (Å²) in [4.78, 5) is 43.6. The minimum Gasteiger partial charge on any atom is -0.489 e. The van der Waals surface area contributed by atoms with Crippen molar-refractivity contribution in [2.45, 2.75) is 35.9 Å². The third kappa shape index (κ3) is 4.85. The van der Waals surface area contributed by atoms with Gasteiger partial charge in [0.15, 0.2) is 0 Å². The van der Waals surface area contributed by atoms with Gasteiger partial charge in [0.05, 0.1) is 22.2 Å². The number of thiazole rings is 1.